The van der Waals surface area contributed by atoms with Gasteiger partial charge >= 0.3 is 6.09 Å². The van der Waals surface area contributed by atoms with Gasteiger partial charge in [0.2, 0.25) is 29.5 Å². The maximum absolute atomic E-state index is 15.3. The number of primary amides is 3. The van der Waals surface area contributed by atoms with Crippen molar-refractivity contribution in [3.05, 3.63) is 56.8 Å². The Morgan fingerprint density at radius 3 is 2.05 bits per heavy atom. The molecule has 31 N–H and O–H groups in total. The van der Waals surface area contributed by atoms with Crippen LogP contribution in [0.1, 0.15) is 101 Å². The van der Waals surface area contributed by atoms with Gasteiger partial charge in [-0.3, -0.25) is 33.6 Å². The molecule has 8 amide bonds. The monoisotopic (exact) mass is 1550 g/mol. The molecule has 0 radical (unpaired) electrons. The number of ether oxygens (including phenoxy) is 7. The van der Waals surface area contributed by atoms with Crippen molar-refractivity contribution in [2.75, 3.05) is 45.6 Å². The van der Waals surface area contributed by atoms with Gasteiger partial charge in [0.05, 0.1) is 80.3 Å². The molecule has 0 saturated carbocycles. The maximum atomic E-state index is 15.3. The predicted molar refractivity (Wildman–Crippen MR) is 360 cm³/mol. The van der Waals surface area contributed by atoms with Crippen LogP contribution >= 0.6 is 22.7 Å². The van der Waals surface area contributed by atoms with E-state index < -0.39 is 250 Å². The van der Waals surface area contributed by atoms with E-state index in [4.69, 9.17) is 67.6 Å². The molecule has 0 aromatic carbocycles. The summed E-state index contributed by atoms with van der Waals surface area (Å²) in [6.45, 7) is 3.49. The van der Waals surface area contributed by atoms with Gasteiger partial charge in [0.1, 0.15) is 112 Å². The minimum absolute atomic E-state index is 0.0808. The molecule has 45 nitrogen and oxygen atoms in total. The number of thiazole rings is 2. The molecule has 590 valence electrons. The van der Waals surface area contributed by atoms with Crippen LogP contribution < -0.4 is 71.6 Å². The van der Waals surface area contributed by atoms with Gasteiger partial charge in [-0.15, -0.1) is 22.7 Å². The summed E-state index contributed by atoms with van der Waals surface area (Å²) in [7, 11) is 1.77. The number of imidazole rings is 1. The van der Waals surface area contributed by atoms with Crippen molar-refractivity contribution in [2.45, 2.75) is 200 Å². The zero-order valence-electron chi connectivity index (χ0n) is 57.5. The van der Waals surface area contributed by atoms with Crippen molar-refractivity contribution >= 4 is 75.9 Å². The molecule has 0 aliphatic carbocycles. The van der Waals surface area contributed by atoms with E-state index in [-0.39, 0.29) is 32.7 Å². The van der Waals surface area contributed by atoms with Crippen molar-refractivity contribution in [3.8, 4) is 10.7 Å². The number of aliphatic hydroxyl groups excluding tert-OH is 11. The van der Waals surface area contributed by atoms with Crippen molar-refractivity contribution in [3.63, 3.8) is 0 Å². The molecule has 3 saturated heterocycles. The van der Waals surface area contributed by atoms with Gasteiger partial charge in [0, 0.05) is 35.8 Å². The van der Waals surface area contributed by atoms with E-state index in [1.54, 1.807) is 7.05 Å². The summed E-state index contributed by atoms with van der Waals surface area (Å²) in [4.78, 5) is 132. The molecule has 7 rings (SSSR count). The molecule has 7 heterocycles. The smallest absolute Gasteiger partial charge is 0.404 e. The second kappa shape index (κ2) is 38.7. The molecule has 47 heteroatoms. The van der Waals surface area contributed by atoms with Crippen LogP contribution in [0.5, 0.6) is 0 Å². The van der Waals surface area contributed by atoms with Gasteiger partial charge in [0.25, 0.3) is 11.8 Å². The van der Waals surface area contributed by atoms with Gasteiger partial charge in [-0.25, -0.2) is 29.7 Å². The van der Waals surface area contributed by atoms with Crippen LogP contribution in [0.3, 0.4) is 0 Å². The molecule has 4 aromatic rings. The molecule has 3 fully saturated rings. The fraction of sp³-hybridized carbons (Fsp3) is 0.644. The van der Waals surface area contributed by atoms with Crippen molar-refractivity contribution < 1.29 is 128 Å². The number of nitrogens with two attached hydrogens (primary N) is 6. The van der Waals surface area contributed by atoms with E-state index in [0.717, 1.165) is 49.0 Å². The lowest BCUT2D eigenvalue weighted by molar-refractivity contribution is -0.372. The summed E-state index contributed by atoms with van der Waals surface area (Å²) in [6, 6.07) is -9.64. The number of carbonyl (C=O) groups excluding carboxylic acids is 8. The summed E-state index contributed by atoms with van der Waals surface area (Å²) in [5.41, 5.74) is 33.4. The lowest BCUT2D eigenvalue weighted by atomic mass is 9.97. The molecule has 25 atom stereocenters. The highest BCUT2D eigenvalue weighted by Crippen LogP contribution is 2.36. The quantitative estimate of drug-likeness (QED) is 0.0147. The highest BCUT2D eigenvalue weighted by molar-refractivity contribution is 7.14. The Labute approximate surface area is 610 Å². The fourth-order valence-corrected chi connectivity index (χ4v) is 12.5. The topological polar surface area (TPSA) is 744 Å². The van der Waals surface area contributed by atoms with E-state index in [2.05, 4.69) is 67.1 Å². The molecule has 0 bridgehead atoms. The second-order valence-corrected chi connectivity index (χ2v) is 26.7. The Morgan fingerprint density at radius 2 is 1.42 bits per heavy atom. The normalized spacial score (nSPS) is 27.5. The Balaban J connectivity index is 1.18. The zero-order chi connectivity index (χ0) is 78.3. The third-order valence-corrected chi connectivity index (χ3v) is 18.8. The average molecular weight is 1550 g/mol. The number of hydrogen-bond donors (Lipinski definition) is 25. The van der Waals surface area contributed by atoms with E-state index >= 15 is 4.79 Å². The highest BCUT2D eigenvalue weighted by atomic mass is 32.1. The van der Waals surface area contributed by atoms with Crippen LogP contribution in [0.15, 0.2) is 23.3 Å². The molecular weight excluding hydrogens is 1450 g/mol. The molecule has 4 aromatic heterocycles. The molecule has 25 unspecified atom stereocenters. The Hall–Kier alpha value is -7.93. The van der Waals surface area contributed by atoms with E-state index in [1.807, 2.05) is 0 Å². The van der Waals surface area contributed by atoms with Crippen LogP contribution in [0.25, 0.3) is 10.7 Å². The number of hydrogen-bond acceptors (Lipinski definition) is 38. The third kappa shape index (κ3) is 21.7. The summed E-state index contributed by atoms with van der Waals surface area (Å²) < 4.78 is 40.3. The first-order valence-corrected chi connectivity index (χ1v) is 34.6. The van der Waals surface area contributed by atoms with Gasteiger partial charge in [-0.05, 0) is 47.7 Å². The van der Waals surface area contributed by atoms with Crippen LogP contribution in [0, 0.1) is 6.92 Å². The number of H-pyrrole nitrogens is 1. The van der Waals surface area contributed by atoms with Crippen LogP contribution in [0.2, 0.25) is 0 Å². The van der Waals surface area contributed by atoms with E-state index in [9.17, 15) is 89.7 Å². The average Bonchev–Trinajstić information content (AvgIpc) is 0.811. The second-order valence-electron chi connectivity index (χ2n) is 25.0. The Morgan fingerprint density at radius 1 is 0.736 bits per heavy atom. The van der Waals surface area contributed by atoms with Gasteiger partial charge < -0.3 is 166 Å². The Kier molecular flexibility index (Phi) is 31.2. The number of aliphatic hydroxyl groups is 11. The summed E-state index contributed by atoms with van der Waals surface area (Å²) in [5, 5.41) is 143. The first-order chi connectivity index (χ1) is 50.1. The lowest BCUT2D eigenvalue weighted by Gasteiger charge is -2.47. The van der Waals surface area contributed by atoms with Crippen molar-refractivity contribution in [2.24, 2.45) is 28.7 Å². The SMILES string of the molecule is CNCCCNC(=O)c1csc(-c2csc(C(O)C(NC(=O)C(NC(=O)CC(O)C(C)NC(=O)C(NC(=O)c3nc(C(CC(N)=O)NCC(N)C(N)=O)nc(N)c3C)C(OC3OC(CO)C(O)C(O)C3OC3OC(CO)C(O)C(OC(N)=O)C3O)c3cnc[nH]3)C(C)O)OC3OC(C)C(N)C(O)C3O)n2)n1. The highest BCUT2D eigenvalue weighted by Gasteiger charge is 2.54. The number of aromatic amines is 1. The predicted octanol–water partition coefficient (Wildman–Crippen LogP) is -11.0. The van der Waals surface area contributed by atoms with E-state index in [1.165, 1.54) is 24.6 Å². The van der Waals surface area contributed by atoms with Crippen LogP contribution in [0.4, 0.5) is 10.6 Å². The molecule has 106 heavy (non-hydrogen) atoms. The lowest BCUT2D eigenvalue weighted by Crippen LogP contribution is -2.65. The number of nitrogens with zero attached hydrogens (tertiary/aromatic N) is 5. The van der Waals surface area contributed by atoms with Crippen LogP contribution in [-0.2, 0) is 57.1 Å². The van der Waals surface area contributed by atoms with Gasteiger partial charge in [-0.2, -0.15) is 0 Å². The molecule has 3 aliphatic heterocycles. The largest absolute Gasteiger partial charge is 0.441 e. The third-order valence-electron chi connectivity index (χ3n) is 17.1. The fourth-order valence-electron chi connectivity index (χ4n) is 10.9. The number of aromatic nitrogens is 6. The van der Waals surface area contributed by atoms with Gasteiger partial charge in [0.15, 0.2) is 37.3 Å². The number of rotatable bonds is 37. The summed E-state index contributed by atoms with van der Waals surface area (Å²) in [6.07, 6.45) is -37.1. The first kappa shape index (κ1) is 85.3. The minimum atomic E-state index is -2.26. The molecular formula is C59H91N19O26S2. The van der Waals surface area contributed by atoms with Gasteiger partial charge in [-0.1, -0.05) is 0 Å². The summed E-state index contributed by atoms with van der Waals surface area (Å²) in [5.74, 6) is -8.28. The number of amides is 8. The van der Waals surface area contributed by atoms with E-state index in [0.29, 0.717) is 19.5 Å². The van der Waals surface area contributed by atoms with Crippen LogP contribution in [-0.4, -0.2) is 308 Å². The Bertz CT molecular complexity index is 3610. The first-order valence-electron chi connectivity index (χ1n) is 32.8. The van der Waals surface area contributed by atoms with Crippen molar-refractivity contribution in [1.82, 2.24) is 67.1 Å². The number of anilines is 1. The van der Waals surface area contributed by atoms with Crippen molar-refractivity contribution in [1.29, 1.82) is 0 Å². The zero-order valence-corrected chi connectivity index (χ0v) is 59.1. The minimum Gasteiger partial charge on any atom is -0.441 e. The maximum Gasteiger partial charge on any atom is 0.404 e. The number of nitrogen functional groups attached to an aromatic ring is 1. The standard InChI is InChI=1S/C59H91N19O26S2/c1-18-33(75-48(77-46(18)63)23(9-30(61)83)69-11-22(60)47(64)92)50(94)76-35(43(24-12-67-17-70-24)101-58-45(39(88)36(85)28(13-79)100-58)102-57-41(90)44(103-59(65)97)37(86)29(14-80)99-57)52(96)71-19(2)27(82)10-31(84)74-34(20(3)81)51(95)78-53(104-56-40(89)38(87)32(62)21(4)98-56)42(91)55-73-26(16-106-55)54-72-25(15-105-54)49(93)68-8-6-7-66-5/h12,15-17,19-23,27-29,32,34-45,53,56-58,66,69,79-82,85-91H,6-11,13-14,60,62H2,1-5H3,(H2,61,83)(H2,64,92)(H2,65,97)(H,67,70)(H,68,93)(H,71,96)(H,74,84)(H,76,94)(H,78,95)(H2,63,75,77). The summed E-state index contributed by atoms with van der Waals surface area (Å²) >= 11 is 1.90. The molecule has 3 aliphatic rings. The number of carbonyl (C=O) groups is 8. The molecule has 0 spiro atoms. The number of nitrogens with one attached hydrogen (secondary N) is 8.